The maximum atomic E-state index is 13.0. The van der Waals surface area contributed by atoms with Gasteiger partial charge in [-0.2, -0.15) is 4.31 Å². The van der Waals surface area contributed by atoms with Crippen molar-refractivity contribution in [3.63, 3.8) is 0 Å². The van der Waals surface area contributed by atoms with Crippen LogP contribution in [0.2, 0.25) is 0 Å². The van der Waals surface area contributed by atoms with E-state index < -0.39 is 21.9 Å². The third kappa shape index (κ3) is 2.75. The summed E-state index contributed by atoms with van der Waals surface area (Å²) >= 11 is 0. The lowest BCUT2D eigenvalue weighted by Crippen LogP contribution is -2.41. The average molecular weight is 340 g/mol. The number of hydrogen-bond donors (Lipinski definition) is 0. The first-order chi connectivity index (χ1) is 10.9. The van der Waals surface area contributed by atoms with Crippen LogP contribution in [0.1, 0.15) is 24.6 Å². The highest BCUT2D eigenvalue weighted by molar-refractivity contribution is 7.89. The second-order valence-corrected chi connectivity index (χ2v) is 7.20. The van der Waals surface area contributed by atoms with Crippen molar-refractivity contribution in [2.75, 3.05) is 13.7 Å². The van der Waals surface area contributed by atoms with E-state index in [1.807, 2.05) is 4.57 Å². The van der Waals surface area contributed by atoms with Gasteiger partial charge in [-0.1, -0.05) is 0 Å². The number of halogens is 1. The maximum absolute atomic E-state index is 13.0. The summed E-state index contributed by atoms with van der Waals surface area (Å²) in [6, 6.07) is 4.36. The molecule has 0 radical (unpaired) electrons. The van der Waals surface area contributed by atoms with E-state index in [1.54, 1.807) is 14.0 Å². The summed E-state index contributed by atoms with van der Waals surface area (Å²) in [4.78, 5) is 0.0656. The van der Waals surface area contributed by atoms with Gasteiger partial charge in [-0.3, -0.25) is 0 Å². The molecule has 9 heteroatoms. The molecule has 0 amide bonds. The topological polar surface area (TPSA) is 77.3 Å². The fourth-order valence-corrected chi connectivity index (χ4v) is 4.31. The van der Waals surface area contributed by atoms with E-state index in [9.17, 15) is 12.8 Å². The molecule has 0 N–H and O–H groups in total. The Morgan fingerprint density at radius 3 is 2.61 bits per heavy atom. The molecule has 1 aromatic heterocycles. The predicted molar refractivity (Wildman–Crippen MR) is 79.4 cm³/mol. The standard InChI is InChI=1S/C14H17FN4O3S/c1-10-14-17-16-13(9-22-2)18(14)7-8-19(10)23(20,21)12-5-3-11(15)4-6-12/h3-6,10H,7-9H2,1-2H3/t10-/m0/s1. The van der Waals surface area contributed by atoms with Crippen molar-refractivity contribution >= 4 is 10.0 Å². The second-order valence-electron chi connectivity index (χ2n) is 5.30. The molecule has 3 rings (SSSR count). The van der Waals surface area contributed by atoms with Crippen molar-refractivity contribution in [3.8, 4) is 0 Å². The van der Waals surface area contributed by atoms with Gasteiger partial charge in [0.1, 0.15) is 12.4 Å². The SMILES string of the molecule is COCc1nnc2n1CCN(S(=O)(=O)c1ccc(F)cc1)[C@H]2C. The minimum Gasteiger partial charge on any atom is -0.377 e. The Hall–Kier alpha value is -1.84. The van der Waals surface area contributed by atoms with Crippen LogP contribution in [-0.4, -0.2) is 41.1 Å². The fraction of sp³-hybridized carbons (Fsp3) is 0.429. The summed E-state index contributed by atoms with van der Waals surface area (Å²) in [5, 5.41) is 8.15. The van der Waals surface area contributed by atoms with Gasteiger partial charge in [0.05, 0.1) is 10.9 Å². The minimum absolute atomic E-state index is 0.0656. The number of benzene rings is 1. The Labute approximate surface area is 133 Å². The van der Waals surface area contributed by atoms with Crippen LogP contribution in [0.3, 0.4) is 0 Å². The molecule has 1 aliphatic heterocycles. The third-order valence-corrected chi connectivity index (χ3v) is 5.88. The first kappa shape index (κ1) is 16.0. The lowest BCUT2D eigenvalue weighted by molar-refractivity contribution is 0.170. The van der Waals surface area contributed by atoms with Gasteiger partial charge < -0.3 is 9.30 Å². The van der Waals surface area contributed by atoms with Gasteiger partial charge in [-0.25, -0.2) is 12.8 Å². The van der Waals surface area contributed by atoms with Crippen molar-refractivity contribution in [1.29, 1.82) is 0 Å². The first-order valence-electron chi connectivity index (χ1n) is 7.13. The van der Waals surface area contributed by atoms with Gasteiger partial charge in [0.15, 0.2) is 11.6 Å². The molecule has 0 fully saturated rings. The zero-order valence-electron chi connectivity index (χ0n) is 12.8. The molecular weight excluding hydrogens is 323 g/mol. The van der Waals surface area contributed by atoms with E-state index in [4.69, 9.17) is 4.74 Å². The molecular formula is C14H17FN4O3S. The van der Waals surface area contributed by atoms with Crippen LogP contribution < -0.4 is 0 Å². The van der Waals surface area contributed by atoms with Crippen molar-refractivity contribution in [2.24, 2.45) is 0 Å². The van der Waals surface area contributed by atoms with E-state index in [-0.39, 0.29) is 4.90 Å². The molecule has 0 saturated heterocycles. The number of sulfonamides is 1. The van der Waals surface area contributed by atoms with E-state index in [0.29, 0.717) is 31.3 Å². The lowest BCUT2D eigenvalue weighted by Gasteiger charge is -2.32. The van der Waals surface area contributed by atoms with Gasteiger partial charge in [-0.05, 0) is 31.2 Å². The number of rotatable bonds is 4. The van der Waals surface area contributed by atoms with Crippen LogP contribution in [0, 0.1) is 5.82 Å². The summed E-state index contributed by atoms with van der Waals surface area (Å²) in [5.41, 5.74) is 0. The number of hydrogen-bond acceptors (Lipinski definition) is 5. The van der Waals surface area contributed by atoms with Gasteiger partial charge in [0, 0.05) is 20.2 Å². The Kier molecular flexibility index (Phi) is 4.17. The van der Waals surface area contributed by atoms with Crippen molar-refractivity contribution in [2.45, 2.75) is 31.0 Å². The van der Waals surface area contributed by atoms with Crippen molar-refractivity contribution in [1.82, 2.24) is 19.1 Å². The molecule has 7 nitrogen and oxygen atoms in total. The normalized spacial score (nSPS) is 18.8. The first-order valence-corrected chi connectivity index (χ1v) is 8.57. The average Bonchev–Trinajstić information content (AvgIpc) is 2.92. The van der Waals surface area contributed by atoms with Crippen LogP contribution in [-0.2, 0) is 27.9 Å². The molecule has 0 bridgehead atoms. The van der Waals surface area contributed by atoms with Crippen LogP contribution in [0.15, 0.2) is 29.2 Å². The van der Waals surface area contributed by atoms with Crippen LogP contribution in [0.5, 0.6) is 0 Å². The lowest BCUT2D eigenvalue weighted by atomic mass is 10.2. The van der Waals surface area contributed by atoms with Crippen molar-refractivity contribution in [3.05, 3.63) is 41.7 Å². The van der Waals surface area contributed by atoms with Gasteiger partial charge in [0.2, 0.25) is 10.0 Å². The monoisotopic (exact) mass is 340 g/mol. The molecule has 23 heavy (non-hydrogen) atoms. The summed E-state index contributed by atoms with van der Waals surface area (Å²) in [5.74, 6) is 0.779. The van der Waals surface area contributed by atoms with Crippen LogP contribution in [0.4, 0.5) is 4.39 Å². The van der Waals surface area contributed by atoms with E-state index >= 15 is 0 Å². The third-order valence-electron chi connectivity index (χ3n) is 3.90. The number of fused-ring (bicyclic) bond motifs is 1. The van der Waals surface area contributed by atoms with Crippen molar-refractivity contribution < 1.29 is 17.5 Å². The van der Waals surface area contributed by atoms with Gasteiger partial charge in [-0.15, -0.1) is 10.2 Å². The van der Waals surface area contributed by atoms with Crippen LogP contribution in [0.25, 0.3) is 0 Å². The largest absolute Gasteiger partial charge is 0.377 e. The van der Waals surface area contributed by atoms with E-state index in [2.05, 4.69) is 10.2 Å². The molecule has 0 unspecified atom stereocenters. The molecule has 1 atom stereocenters. The predicted octanol–water partition coefficient (Wildman–Crippen LogP) is 1.33. The number of methoxy groups -OCH3 is 1. The molecule has 1 aliphatic rings. The molecule has 0 spiro atoms. The molecule has 2 heterocycles. The molecule has 0 saturated carbocycles. The highest BCUT2D eigenvalue weighted by Crippen LogP contribution is 2.30. The zero-order valence-corrected chi connectivity index (χ0v) is 13.6. The Morgan fingerprint density at radius 1 is 1.26 bits per heavy atom. The van der Waals surface area contributed by atoms with E-state index in [1.165, 1.54) is 16.4 Å². The van der Waals surface area contributed by atoms with Gasteiger partial charge in [0.25, 0.3) is 0 Å². The zero-order chi connectivity index (χ0) is 16.6. The Balaban J connectivity index is 1.94. The highest BCUT2D eigenvalue weighted by atomic mass is 32.2. The smallest absolute Gasteiger partial charge is 0.243 e. The quantitative estimate of drug-likeness (QED) is 0.839. The molecule has 2 aromatic rings. The minimum atomic E-state index is -3.72. The number of nitrogens with zero attached hydrogens (tertiary/aromatic N) is 4. The molecule has 1 aromatic carbocycles. The molecule has 124 valence electrons. The highest BCUT2D eigenvalue weighted by Gasteiger charge is 2.36. The summed E-state index contributed by atoms with van der Waals surface area (Å²) in [6.07, 6.45) is 0. The summed E-state index contributed by atoms with van der Waals surface area (Å²) in [6.45, 7) is 2.83. The van der Waals surface area contributed by atoms with Crippen LogP contribution >= 0.6 is 0 Å². The summed E-state index contributed by atoms with van der Waals surface area (Å²) in [7, 11) is -2.15. The molecule has 0 aliphatic carbocycles. The number of ether oxygens (including phenoxy) is 1. The maximum Gasteiger partial charge on any atom is 0.243 e. The number of aromatic nitrogens is 3. The summed E-state index contributed by atoms with van der Waals surface area (Å²) < 4.78 is 46.9. The Bertz CT molecular complexity index is 804. The van der Waals surface area contributed by atoms with E-state index in [0.717, 1.165) is 12.1 Å². The Morgan fingerprint density at radius 2 is 1.96 bits per heavy atom. The second kappa shape index (κ2) is 5.99. The van der Waals surface area contributed by atoms with Gasteiger partial charge >= 0.3 is 0 Å². The fourth-order valence-electron chi connectivity index (χ4n) is 2.73.